The van der Waals surface area contributed by atoms with Gasteiger partial charge in [0.15, 0.2) is 16.6 Å². The average molecular weight is 578 g/mol. The molecule has 1 atom stereocenters. The molecule has 1 aliphatic rings. The first-order chi connectivity index (χ1) is 19.8. The van der Waals surface area contributed by atoms with E-state index < -0.39 is 12.0 Å². The van der Waals surface area contributed by atoms with Gasteiger partial charge in [-0.3, -0.25) is 14.5 Å². The van der Waals surface area contributed by atoms with Crippen molar-refractivity contribution in [2.45, 2.75) is 18.9 Å². The number of carbonyl (C=O) groups is 3. The molecule has 11 heteroatoms. The zero-order chi connectivity index (χ0) is 29.5. The number of methoxy groups -OCH3 is 4. The molecule has 2 amide bonds. The number of hydrogen-bond acceptors (Lipinski definition) is 8. The highest BCUT2D eigenvalue weighted by atomic mass is 32.1. The lowest BCUT2D eigenvalue weighted by Crippen LogP contribution is -2.39. The van der Waals surface area contributed by atoms with Gasteiger partial charge >= 0.3 is 5.97 Å². The second kappa shape index (κ2) is 13.1. The molecule has 214 valence electrons. The molecule has 0 bridgehead atoms. The number of ether oxygens (including phenoxy) is 4. The molecular formula is C30H31N3O7S. The van der Waals surface area contributed by atoms with Gasteiger partial charge in [-0.05, 0) is 84.9 Å². The minimum Gasteiger partial charge on any atom is -0.497 e. The van der Waals surface area contributed by atoms with Crippen molar-refractivity contribution in [3.05, 3.63) is 77.9 Å². The van der Waals surface area contributed by atoms with Gasteiger partial charge in [0.2, 0.25) is 5.91 Å². The zero-order valence-electron chi connectivity index (χ0n) is 23.2. The van der Waals surface area contributed by atoms with Gasteiger partial charge in [0.05, 0.1) is 46.1 Å². The number of hydrogen-bond donors (Lipinski definition) is 1. The fraction of sp³-hybridized carbons (Fsp3) is 0.267. The summed E-state index contributed by atoms with van der Waals surface area (Å²) in [5, 5.41) is 3.11. The summed E-state index contributed by atoms with van der Waals surface area (Å²) in [5.74, 6) is 0.706. The molecule has 1 fully saturated rings. The van der Waals surface area contributed by atoms with Crippen LogP contribution in [0.3, 0.4) is 0 Å². The molecule has 1 heterocycles. The summed E-state index contributed by atoms with van der Waals surface area (Å²) in [4.78, 5) is 41.8. The molecular weight excluding hydrogens is 546 g/mol. The Hall–Kier alpha value is -4.64. The number of amides is 2. The number of benzene rings is 3. The molecule has 0 aliphatic carbocycles. The summed E-state index contributed by atoms with van der Waals surface area (Å²) in [5.41, 5.74) is 2.38. The van der Waals surface area contributed by atoms with Gasteiger partial charge in [-0.15, -0.1) is 0 Å². The highest BCUT2D eigenvalue weighted by Crippen LogP contribution is 2.31. The third-order valence-electron chi connectivity index (χ3n) is 6.71. The van der Waals surface area contributed by atoms with Crippen LogP contribution in [0.2, 0.25) is 0 Å². The van der Waals surface area contributed by atoms with Crippen LogP contribution in [0, 0.1) is 0 Å². The van der Waals surface area contributed by atoms with Crippen molar-refractivity contribution in [1.82, 2.24) is 4.90 Å². The number of nitrogens with zero attached hydrogens (tertiary/aromatic N) is 2. The lowest BCUT2D eigenvalue weighted by atomic mass is 10.1. The fourth-order valence-corrected chi connectivity index (χ4v) is 4.95. The van der Waals surface area contributed by atoms with Crippen molar-refractivity contribution in [3.63, 3.8) is 0 Å². The number of esters is 1. The Morgan fingerprint density at radius 1 is 0.878 bits per heavy atom. The number of carbonyl (C=O) groups excluding carboxylic acids is 3. The standard InChI is InChI=1S/C30H31N3O7S/c1-37-23-12-10-22(11-13-23)33-28(35)24(18-27(34)31-21-8-6-20(7-9-21)29(36)40-4)32(30(33)41)16-15-19-5-14-25(38-2)26(17-19)39-3/h5-14,17,24H,15-16,18H2,1-4H3,(H,31,34)/t24-/m1/s1. The van der Waals surface area contributed by atoms with Gasteiger partial charge in [0.25, 0.3) is 5.91 Å². The van der Waals surface area contributed by atoms with Crippen molar-refractivity contribution >= 4 is 46.5 Å². The molecule has 1 N–H and O–H groups in total. The monoisotopic (exact) mass is 577 g/mol. The van der Waals surface area contributed by atoms with Gasteiger partial charge in [-0.1, -0.05) is 6.07 Å². The molecule has 3 aromatic carbocycles. The Bertz CT molecular complexity index is 1430. The van der Waals surface area contributed by atoms with E-state index in [1.165, 1.54) is 12.0 Å². The molecule has 1 saturated heterocycles. The van der Waals surface area contributed by atoms with Crippen LogP contribution in [-0.4, -0.2) is 68.8 Å². The average Bonchev–Trinajstić information content (AvgIpc) is 3.23. The van der Waals surface area contributed by atoms with E-state index in [4.69, 9.17) is 31.2 Å². The van der Waals surface area contributed by atoms with Crippen molar-refractivity contribution in [3.8, 4) is 17.2 Å². The molecule has 10 nitrogen and oxygen atoms in total. The SMILES string of the molecule is COC(=O)c1ccc(NC(=O)C[C@@H]2C(=O)N(c3ccc(OC)cc3)C(=S)N2CCc2ccc(OC)c(OC)c2)cc1. The van der Waals surface area contributed by atoms with Crippen LogP contribution in [0.1, 0.15) is 22.3 Å². The van der Waals surface area contributed by atoms with Crippen LogP contribution in [-0.2, 0) is 20.7 Å². The van der Waals surface area contributed by atoms with E-state index in [0.29, 0.717) is 52.3 Å². The number of rotatable bonds is 11. The van der Waals surface area contributed by atoms with Crippen LogP contribution >= 0.6 is 12.2 Å². The second-order valence-corrected chi connectivity index (χ2v) is 9.49. The molecule has 0 radical (unpaired) electrons. The summed E-state index contributed by atoms with van der Waals surface area (Å²) >= 11 is 5.78. The van der Waals surface area contributed by atoms with Crippen molar-refractivity contribution in [2.75, 3.05) is 45.2 Å². The van der Waals surface area contributed by atoms with Crippen LogP contribution < -0.4 is 24.4 Å². The number of thiocarbonyl (C=S) groups is 1. The first kappa shape index (κ1) is 29.3. The van der Waals surface area contributed by atoms with Gasteiger partial charge in [0.1, 0.15) is 11.8 Å². The molecule has 0 saturated carbocycles. The molecule has 3 aromatic rings. The van der Waals surface area contributed by atoms with Crippen LogP contribution in [0.5, 0.6) is 17.2 Å². The summed E-state index contributed by atoms with van der Waals surface area (Å²) < 4.78 is 20.7. The fourth-order valence-electron chi connectivity index (χ4n) is 4.54. The quantitative estimate of drug-likeness (QED) is 0.267. The van der Waals surface area contributed by atoms with Crippen molar-refractivity contribution in [1.29, 1.82) is 0 Å². The summed E-state index contributed by atoms with van der Waals surface area (Å²) in [6, 6.07) is 18.1. The molecule has 0 unspecified atom stereocenters. The first-order valence-electron chi connectivity index (χ1n) is 12.8. The summed E-state index contributed by atoms with van der Waals surface area (Å²) in [6.45, 7) is 0.387. The van der Waals surface area contributed by atoms with Crippen LogP contribution in [0.15, 0.2) is 66.7 Å². The maximum absolute atomic E-state index is 13.7. The number of anilines is 2. The Balaban J connectivity index is 1.55. The first-order valence-corrected chi connectivity index (χ1v) is 13.2. The topological polar surface area (TPSA) is 107 Å². The maximum Gasteiger partial charge on any atom is 0.337 e. The van der Waals surface area contributed by atoms with E-state index in [2.05, 4.69) is 5.32 Å². The molecule has 1 aliphatic heterocycles. The van der Waals surface area contributed by atoms with Crippen molar-refractivity contribution < 1.29 is 33.3 Å². The maximum atomic E-state index is 13.7. The predicted octanol–water partition coefficient (Wildman–Crippen LogP) is 4.07. The Morgan fingerprint density at radius 3 is 2.17 bits per heavy atom. The van der Waals surface area contributed by atoms with Gasteiger partial charge in [-0.25, -0.2) is 4.79 Å². The third kappa shape index (κ3) is 6.58. The minimum atomic E-state index is -0.820. The highest BCUT2D eigenvalue weighted by Gasteiger charge is 2.44. The van der Waals surface area contributed by atoms with Crippen LogP contribution in [0.4, 0.5) is 11.4 Å². The Morgan fingerprint density at radius 2 is 1.56 bits per heavy atom. The van der Waals surface area contributed by atoms with E-state index >= 15 is 0 Å². The smallest absolute Gasteiger partial charge is 0.337 e. The highest BCUT2D eigenvalue weighted by molar-refractivity contribution is 7.80. The van der Waals surface area contributed by atoms with E-state index in [1.54, 1.807) is 74.8 Å². The van der Waals surface area contributed by atoms with E-state index in [-0.39, 0.29) is 18.2 Å². The van der Waals surface area contributed by atoms with E-state index in [1.807, 2.05) is 18.2 Å². The Kier molecular flexibility index (Phi) is 9.41. The largest absolute Gasteiger partial charge is 0.497 e. The zero-order valence-corrected chi connectivity index (χ0v) is 24.0. The molecule has 0 aromatic heterocycles. The predicted molar refractivity (Wildman–Crippen MR) is 158 cm³/mol. The molecule has 0 spiro atoms. The van der Waals surface area contributed by atoms with Crippen LogP contribution in [0.25, 0.3) is 0 Å². The molecule has 4 rings (SSSR count). The lowest BCUT2D eigenvalue weighted by Gasteiger charge is -2.24. The second-order valence-electron chi connectivity index (χ2n) is 9.12. The lowest BCUT2D eigenvalue weighted by molar-refractivity contribution is -0.124. The third-order valence-corrected chi connectivity index (χ3v) is 7.12. The normalized spacial score (nSPS) is 14.6. The van der Waals surface area contributed by atoms with Gasteiger partial charge < -0.3 is 29.2 Å². The minimum absolute atomic E-state index is 0.129. The van der Waals surface area contributed by atoms with Gasteiger partial charge in [-0.2, -0.15) is 0 Å². The summed E-state index contributed by atoms with van der Waals surface area (Å²) in [6.07, 6.45) is 0.410. The van der Waals surface area contributed by atoms with Gasteiger partial charge in [0, 0.05) is 12.2 Å². The summed E-state index contributed by atoms with van der Waals surface area (Å²) in [7, 11) is 6.00. The number of nitrogens with one attached hydrogen (secondary N) is 1. The van der Waals surface area contributed by atoms with E-state index in [9.17, 15) is 14.4 Å². The van der Waals surface area contributed by atoms with E-state index in [0.717, 1.165) is 5.56 Å². The molecule has 41 heavy (non-hydrogen) atoms. The van der Waals surface area contributed by atoms with Crippen molar-refractivity contribution in [2.24, 2.45) is 0 Å². The Labute approximate surface area is 243 Å².